The first-order valence-corrected chi connectivity index (χ1v) is 8.90. The summed E-state index contributed by atoms with van der Waals surface area (Å²) in [5.74, 6) is 1.41. The van der Waals surface area contributed by atoms with Crippen molar-refractivity contribution in [2.75, 3.05) is 18.4 Å². The fraction of sp³-hybridized carbons (Fsp3) is 0.250. The highest BCUT2D eigenvalue weighted by Gasteiger charge is 2.22. The van der Waals surface area contributed by atoms with Crippen molar-refractivity contribution < 1.29 is 4.79 Å². The summed E-state index contributed by atoms with van der Waals surface area (Å²) in [6.07, 6.45) is 1.74. The quantitative estimate of drug-likeness (QED) is 0.677. The molecule has 132 valence electrons. The molecular weight excluding hydrogens is 326 g/mol. The van der Waals surface area contributed by atoms with Gasteiger partial charge in [-0.3, -0.25) is 9.89 Å². The zero-order valence-corrected chi connectivity index (χ0v) is 14.4. The lowest BCUT2D eigenvalue weighted by atomic mass is 9.97. The van der Waals surface area contributed by atoms with Crippen LogP contribution in [0.15, 0.2) is 54.6 Å². The summed E-state index contributed by atoms with van der Waals surface area (Å²) < 4.78 is 0. The van der Waals surface area contributed by atoms with Crippen molar-refractivity contribution >= 4 is 11.6 Å². The molecule has 0 unspecified atom stereocenters. The Morgan fingerprint density at radius 1 is 1.00 bits per heavy atom. The first-order chi connectivity index (χ1) is 12.8. The van der Waals surface area contributed by atoms with Crippen LogP contribution < -0.4 is 10.6 Å². The van der Waals surface area contributed by atoms with E-state index in [1.165, 1.54) is 0 Å². The van der Waals surface area contributed by atoms with E-state index in [-0.39, 0.29) is 11.8 Å². The molecule has 6 nitrogen and oxygen atoms in total. The van der Waals surface area contributed by atoms with Gasteiger partial charge in [-0.1, -0.05) is 42.5 Å². The Balaban J connectivity index is 1.58. The second kappa shape index (κ2) is 7.49. The van der Waals surface area contributed by atoms with Gasteiger partial charge in [0.25, 0.3) is 0 Å². The Labute approximate surface area is 152 Å². The van der Waals surface area contributed by atoms with Crippen LogP contribution in [0.4, 0.5) is 5.69 Å². The van der Waals surface area contributed by atoms with Gasteiger partial charge in [0.2, 0.25) is 5.91 Å². The maximum Gasteiger partial charge on any atom is 0.227 e. The maximum absolute atomic E-state index is 12.6. The van der Waals surface area contributed by atoms with E-state index >= 15 is 0 Å². The number of benzene rings is 2. The van der Waals surface area contributed by atoms with Gasteiger partial charge >= 0.3 is 0 Å². The molecule has 0 aliphatic carbocycles. The van der Waals surface area contributed by atoms with Gasteiger partial charge in [0.05, 0.1) is 5.69 Å². The maximum atomic E-state index is 12.6. The second-order valence-corrected chi connectivity index (χ2v) is 6.43. The van der Waals surface area contributed by atoms with Crippen molar-refractivity contribution in [1.29, 1.82) is 0 Å². The molecule has 1 amide bonds. The molecule has 0 atom stereocenters. The van der Waals surface area contributed by atoms with Crippen LogP contribution in [0.5, 0.6) is 0 Å². The van der Waals surface area contributed by atoms with Crippen LogP contribution in [0.2, 0.25) is 0 Å². The minimum Gasteiger partial charge on any atom is -0.325 e. The van der Waals surface area contributed by atoms with Crippen LogP contribution in [0.25, 0.3) is 22.8 Å². The summed E-state index contributed by atoms with van der Waals surface area (Å²) in [5.41, 5.74) is 2.54. The van der Waals surface area contributed by atoms with Crippen LogP contribution in [0.1, 0.15) is 12.8 Å². The Morgan fingerprint density at radius 2 is 1.73 bits per heavy atom. The lowest BCUT2D eigenvalue weighted by Crippen LogP contribution is -2.34. The number of hydrogen-bond acceptors (Lipinski definition) is 4. The molecule has 26 heavy (non-hydrogen) atoms. The largest absolute Gasteiger partial charge is 0.325 e. The highest BCUT2D eigenvalue weighted by Crippen LogP contribution is 2.27. The normalized spacial score (nSPS) is 14.9. The Bertz CT molecular complexity index is 884. The molecule has 4 rings (SSSR count). The van der Waals surface area contributed by atoms with Gasteiger partial charge in [-0.2, -0.15) is 5.10 Å². The average molecular weight is 347 g/mol. The molecule has 0 radical (unpaired) electrons. The van der Waals surface area contributed by atoms with E-state index in [9.17, 15) is 4.79 Å². The van der Waals surface area contributed by atoms with E-state index in [2.05, 4.69) is 25.8 Å². The van der Waals surface area contributed by atoms with Gasteiger partial charge < -0.3 is 10.6 Å². The summed E-state index contributed by atoms with van der Waals surface area (Å²) in [7, 11) is 0. The van der Waals surface area contributed by atoms with Gasteiger partial charge in [-0.15, -0.1) is 0 Å². The smallest absolute Gasteiger partial charge is 0.227 e. The van der Waals surface area contributed by atoms with Crippen molar-refractivity contribution in [3.05, 3.63) is 54.6 Å². The predicted octanol–water partition coefficient (Wildman–Crippen LogP) is 3.08. The van der Waals surface area contributed by atoms with Crippen LogP contribution in [-0.2, 0) is 4.79 Å². The molecule has 3 aromatic rings. The van der Waals surface area contributed by atoms with Crippen LogP contribution >= 0.6 is 0 Å². The standard InChI is InChI=1S/C20H21N5O/c26-20(15-10-12-21-13-11-15)22-17-9-5-4-8-16(17)19-23-18(24-25-19)14-6-2-1-3-7-14/h1-9,15,21H,10-13H2,(H,22,26)(H,23,24,25). The highest BCUT2D eigenvalue weighted by molar-refractivity contribution is 5.96. The van der Waals surface area contributed by atoms with Crippen LogP contribution in [0, 0.1) is 5.92 Å². The molecule has 0 bridgehead atoms. The zero-order chi connectivity index (χ0) is 17.8. The zero-order valence-electron chi connectivity index (χ0n) is 14.4. The Morgan fingerprint density at radius 3 is 2.54 bits per heavy atom. The molecule has 1 saturated heterocycles. The number of carbonyl (C=O) groups excluding carboxylic acids is 1. The number of amides is 1. The van der Waals surface area contributed by atoms with Crippen molar-refractivity contribution in [3.63, 3.8) is 0 Å². The summed E-state index contributed by atoms with van der Waals surface area (Å²) in [6.45, 7) is 1.78. The van der Waals surface area contributed by atoms with E-state index in [0.29, 0.717) is 11.6 Å². The monoisotopic (exact) mass is 347 g/mol. The summed E-state index contributed by atoms with van der Waals surface area (Å²) in [6, 6.07) is 17.5. The van der Waals surface area contributed by atoms with Crippen molar-refractivity contribution in [2.24, 2.45) is 5.92 Å². The molecule has 1 aliphatic rings. The van der Waals surface area contributed by atoms with Crippen LogP contribution in [0.3, 0.4) is 0 Å². The second-order valence-electron chi connectivity index (χ2n) is 6.43. The molecule has 0 spiro atoms. The fourth-order valence-corrected chi connectivity index (χ4v) is 3.22. The number of hydrogen-bond donors (Lipinski definition) is 3. The molecule has 2 aromatic carbocycles. The number of rotatable bonds is 4. The summed E-state index contributed by atoms with van der Waals surface area (Å²) in [5, 5.41) is 13.7. The number of H-pyrrole nitrogens is 1. The molecule has 6 heteroatoms. The first-order valence-electron chi connectivity index (χ1n) is 8.90. The van der Waals surface area contributed by atoms with E-state index in [1.807, 2.05) is 54.6 Å². The molecule has 3 N–H and O–H groups in total. The number of aromatic amines is 1. The van der Waals surface area contributed by atoms with E-state index in [4.69, 9.17) is 0 Å². The predicted molar refractivity (Wildman–Crippen MR) is 101 cm³/mol. The molecule has 1 aliphatic heterocycles. The van der Waals surface area contributed by atoms with Gasteiger partial charge in [0.15, 0.2) is 11.6 Å². The fourth-order valence-electron chi connectivity index (χ4n) is 3.22. The molecular formula is C20H21N5O. The van der Waals surface area contributed by atoms with Crippen molar-refractivity contribution in [2.45, 2.75) is 12.8 Å². The number of aromatic nitrogens is 3. The lowest BCUT2D eigenvalue weighted by molar-refractivity contribution is -0.120. The molecule has 1 aromatic heterocycles. The molecule has 0 saturated carbocycles. The van der Waals surface area contributed by atoms with E-state index in [0.717, 1.165) is 42.7 Å². The lowest BCUT2D eigenvalue weighted by Gasteiger charge is -2.22. The first kappa shape index (κ1) is 16.5. The van der Waals surface area contributed by atoms with E-state index < -0.39 is 0 Å². The van der Waals surface area contributed by atoms with Gasteiger partial charge in [0.1, 0.15) is 0 Å². The minimum absolute atomic E-state index is 0.0545. The van der Waals surface area contributed by atoms with E-state index in [1.54, 1.807) is 0 Å². The topological polar surface area (TPSA) is 82.7 Å². The third kappa shape index (κ3) is 3.50. The van der Waals surface area contributed by atoms with Crippen LogP contribution in [-0.4, -0.2) is 34.2 Å². The Hall–Kier alpha value is -2.99. The highest BCUT2D eigenvalue weighted by atomic mass is 16.1. The SMILES string of the molecule is O=C(Nc1ccccc1-c1nc(-c2ccccc2)n[nH]1)C1CCNCC1. The minimum atomic E-state index is 0.0545. The van der Waals surface area contributed by atoms with Crippen molar-refractivity contribution in [3.8, 4) is 22.8 Å². The van der Waals surface area contributed by atoms with Gasteiger partial charge in [-0.25, -0.2) is 4.98 Å². The van der Waals surface area contributed by atoms with Crippen molar-refractivity contribution in [1.82, 2.24) is 20.5 Å². The number of para-hydroxylation sites is 1. The van der Waals surface area contributed by atoms with Gasteiger partial charge in [-0.05, 0) is 38.1 Å². The summed E-state index contributed by atoms with van der Waals surface area (Å²) >= 11 is 0. The number of anilines is 1. The Kier molecular flexibility index (Phi) is 4.75. The number of nitrogens with one attached hydrogen (secondary N) is 3. The molecule has 1 fully saturated rings. The average Bonchev–Trinajstić information content (AvgIpc) is 3.20. The number of carbonyl (C=O) groups is 1. The van der Waals surface area contributed by atoms with Gasteiger partial charge in [0, 0.05) is 17.0 Å². The molecule has 2 heterocycles. The third-order valence-electron chi connectivity index (χ3n) is 4.67. The third-order valence-corrected chi connectivity index (χ3v) is 4.67. The number of piperidine rings is 1. The number of nitrogens with zero attached hydrogens (tertiary/aromatic N) is 2. The summed E-state index contributed by atoms with van der Waals surface area (Å²) in [4.78, 5) is 17.2.